The summed E-state index contributed by atoms with van der Waals surface area (Å²) < 4.78 is 66.1. The summed E-state index contributed by atoms with van der Waals surface area (Å²) in [6, 6.07) is 0. The van der Waals surface area contributed by atoms with E-state index in [1.807, 2.05) is 0 Å². The Kier molecular flexibility index (Phi) is 19.3. The first-order valence-electron chi connectivity index (χ1n) is 13.3. The summed E-state index contributed by atoms with van der Waals surface area (Å²) in [4.78, 5) is 0. The van der Waals surface area contributed by atoms with Crippen LogP contribution in [-0.2, 0) is 4.74 Å². The van der Waals surface area contributed by atoms with Gasteiger partial charge in [-0.1, -0.05) is 85.0 Å². The van der Waals surface area contributed by atoms with E-state index < -0.39 is 7.81 Å². The maximum absolute atomic E-state index is 10.7. The fraction of sp³-hybridized carbons (Fsp3) is 1.00. The number of nitrogens with zero attached hydrogens (tertiary/aromatic N) is 1. The van der Waals surface area contributed by atoms with Gasteiger partial charge in [0.15, 0.2) is 0 Å². The standard InChI is InChI=1S/C24H52NO2.F6P/c1-4-7-10-11-12-13-14-15-16-17-20-25(18-8-5-2,19-9-6-3)21-23-27-24-22-26;1-7(2,3,4,5)6/h26H,4-24H2,1-3H3;/q+1;-1. The first-order valence-corrected chi connectivity index (χ1v) is 15.3. The van der Waals surface area contributed by atoms with Gasteiger partial charge in [0.25, 0.3) is 0 Å². The van der Waals surface area contributed by atoms with Gasteiger partial charge in [0.1, 0.15) is 6.54 Å². The van der Waals surface area contributed by atoms with Gasteiger partial charge in [-0.25, -0.2) is 0 Å². The zero-order chi connectivity index (χ0) is 26.5. The van der Waals surface area contributed by atoms with Crippen molar-refractivity contribution in [3.8, 4) is 0 Å². The molecule has 0 saturated heterocycles. The number of rotatable bonds is 22. The molecule has 0 aromatic carbocycles. The molecule has 0 radical (unpaired) electrons. The Morgan fingerprint density at radius 1 is 0.529 bits per heavy atom. The molecule has 0 aromatic heterocycles. The molecule has 0 saturated carbocycles. The van der Waals surface area contributed by atoms with Crippen molar-refractivity contribution in [2.45, 2.75) is 111 Å². The number of halogens is 6. The molecule has 0 fully saturated rings. The van der Waals surface area contributed by atoms with Crippen molar-refractivity contribution in [3.63, 3.8) is 0 Å². The molecule has 0 rings (SSSR count). The van der Waals surface area contributed by atoms with Gasteiger partial charge >= 0.3 is 33.0 Å². The molecule has 10 heteroatoms. The molecule has 0 aromatic rings. The summed E-state index contributed by atoms with van der Waals surface area (Å²) >= 11 is 0. The molecule has 0 unspecified atom stereocenters. The van der Waals surface area contributed by atoms with Crippen LogP contribution in [0.4, 0.5) is 25.2 Å². The molecule has 212 valence electrons. The summed E-state index contributed by atoms with van der Waals surface area (Å²) in [5.74, 6) is 0. The minimum atomic E-state index is -10.7. The Balaban J connectivity index is 0. The molecule has 0 aliphatic rings. The van der Waals surface area contributed by atoms with Gasteiger partial charge in [-0.2, -0.15) is 0 Å². The van der Waals surface area contributed by atoms with E-state index in [1.54, 1.807) is 0 Å². The summed E-state index contributed by atoms with van der Waals surface area (Å²) in [5, 5.41) is 8.95. The third kappa shape index (κ3) is 34.1. The van der Waals surface area contributed by atoms with Crippen molar-refractivity contribution in [2.75, 3.05) is 46.0 Å². The molecular formula is C24H52F6NO2P. The van der Waals surface area contributed by atoms with E-state index in [-0.39, 0.29) is 6.61 Å². The van der Waals surface area contributed by atoms with Crippen LogP contribution in [0, 0.1) is 0 Å². The Morgan fingerprint density at radius 2 is 0.882 bits per heavy atom. The predicted molar refractivity (Wildman–Crippen MR) is 133 cm³/mol. The zero-order valence-corrected chi connectivity index (χ0v) is 22.8. The monoisotopic (exact) mass is 531 g/mol. The Bertz CT molecular complexity index is 443. The number of aliphatic hydroxyl groups is 1. The van der Waals surface area contributed by atoms with E-state index in [0.29, 0.717) is 6.61 Å². The summed E-state index contributed by atoms with van der Waals surface area (Å²) in [5.41, 5.74) is 0. The normalized spacial score (nSPS) is 14.3. The summed E-state index contributed by atoms with van der Waals surface area (Å²) in [7, 11) is -10.7. The Morgan fingerprint density at radius 3 is 1.26 bits per heavy atom. The molecule has 0 heterocycles. The van der Waals surface area contributed by atoms with Crippen molar-refractivity contribution >= 4 is 7.81 Å². The molecule has 0 amide bonds. The van der Waals surface area contributed by atoms with E-state index in [1.165, 1.54) is 114 Å². The van der Waals surface area contributed by atoms with Gasteiger partial charge in [-0.3, -0.25) is 0 Å². The van der Waals surface area contributed by atoms with Crippen molar-refractivity contribution in [1.82, 2.24) is 0 Å². The molecule has 0 atom stereocenters. The average molecular weight is 532 g/mol. The molecule has 34 heavy (non-hydrogen) atoms. The second-order valence-electron chi connectivity index (χ2n) is 9.42. The van der Waals surface area contributed by atoms with Gasteiger partial charge in [-0.05, 0) is 25.7 Å². The quantitative estimate of drug-likeness (QED) is 0.0652. The van der Waals surface area contributed by atoms with Crippen LogP contribution in [0.25, 0.3) is 0 Å². The SMILES string of the molecule is CCCCCCCCCCCC[N+](CCCC)(CCCC)CCOCCO.F[P-](F)(F)(F)(F)F. The maximum atomic E-state index is 9.87. The third-order valence-electron chi connectivity index (χ3n) is 5.90. The zero-order valence-electron chi connectivity index (χ0n) is 21.9. The van der Waals surface area contributed by atoms with E-state index in [2.05, 4.69) is 20.8 Å². The van der Waals surface area contributed by atoms with Crippen LogP contribution in [0.5, 0.6) is 0 Å². The van der Waals surface area contributed by atoms with Crippen molar-refractivity contribution in [2.24, 2.45) is 0 Å². The fourth-order valence-corrected chi connectivity index (χ4v) is 4.02. The Hall–Kier alpha value is -0.110. The molecule has 0 spiro atoms. The van der Waals surface area contributed by atoms with Gasteiger partial charge in [0.05, 0.1) is 39.5 Å². The number of hydrogen-bond donors (Lipinski definition) is 1. The van der Waals surface area contributed by atoms with Crippen molar-refractivity contribution < 1.29 is 39.5 Å². The molecule has 3 nitrogen and oxygen atoms in total. The first kappa shape index (κ1) is 36.0. The summed E-state index contributed by atoms with van der Waals surface area (Å²) in [6.45, 7) is 13.4. The number of quaternary nitrogens is 1. The van der Waals surface area contributed by atoms with Crippen molar-refractivity contribution in [1.29, 1.82) is 0 Å². The molecule has 0 aliphatic carbocycles. The van der Waals surface area contributed by atoms with Crippen LogP contribution in [0.3, 0.4) is 0 Å². The second-order valence-corrected chi connectivity index (χ2v) is 11.3. The molecule has 0 aliphatic heterocycles. The summed E-state index contributed by atoms with van der Waals surface area (Å²) in [6.07, 6.45) is 19.3. The third-order valence-corrected chi connectivity index (χ3v) is 5.90. The van der Waals surface area contributed by atoms with Crippen LogP contribution in [0.2, 0.25) is 0 Å². The molecule has 0 bridgehead atoms. The van der Waals surface area contributed by atoms with E-state index in [0.717, 1.165) is 13.2 Å². The van der Waals surface area contributed by atoms with Crippen LogP contribution < -0.4 is 0 Å². The van der Waals surface area contributed by atoms with Gasteiger partial charge in [-0.15, -0.1) is 0 Å². The van der Waals surface area contributed by atoms with E-state index >= 15 is 0 Å². The van der Waals surface area contributed by atoms with E-state index in [9.17, 15) is 25.2 Å². The van der Waals surface area contributed by atoms with Gasteiger partial charge in [0, 0.05) is 0 Å². The number of aliphatic hydroxyl groups excluding tert-OH is 1. The fourth-order valence-electron chi connectivity index (χ4n) is 4.02. The molecule has 1 N–H and O–H groups in total. The topological polar surface area (TPSA) is 29.5 Å². The van der Waals surface area contributed by atoms with Crippen LogP contribution in [0.15, 0.2) is 0 Å². The van der Waals surface area contributed by atoms with Crippen LogP contribution in [-0.4, -0.2) is 55.6 Å². The number of hydrogen-bond acceptors (Lipinski definition) is 2. The molecular weight excluding hydrogens is 479 g/mol. The predicted octanol–water partition coefficient (Wildman–Crippen LogP) is 9.72. The van der Waals surface area contributed by atoms with Crippen LogP contribution in [0.1, 0.15) is 111 Å². The average Bonchev–Trinajstić information content (AvgIpc) is 2.72. The number of unbranched alkanes of at least 4 members (excludes halogenated alkanes) is 11. The number of ether oxygens (including phenoxy) is 1. The van der Waals surface area contributed by atoms with Gasteiger partial charge in [0.2, 0.25) is 0 Å². The van der Waals surface area contributed by atoms with Crippen molar-refractivity contribution in [3.05, 3.63) is 0 Å². The Labute approximate surface area is 204 Å². The van der Waals surface area contributed by atoms with E-state index in [4.69, 9.17) is 9.84 Å². The first-order chi connectivity index (χ1) is 15.7. The minimum absolute atomic E-state index is 0.141. The van der Waals surface area contributed by atoms with Gasteiger partial charge < -0.3 is 14.3 Å². The second kappa shape index (κ2) is 18.2. The van der Waals surface area contributed by atoms with Crippen LogP contribution >= 0.6 is 7.81 Å².